The maximum atomic E-state index is 12.1. The predicted molar refractivity (Wildman–Crippen MR) is 159 cm³/mol. The summed E-state index contributed by atoms with van der Waals surface area (Å²) < 4.78 is 8.22. The highest BCUT2D eigenvalue weighted by Crippen LogP contribution is 2.43. The van der Waals surface area contributed by atoms with Gasteiger partial charge in [-0.1, -0.05) is 29.5 Å². The Morgan fingerprint density at radius 3 is 2.74 bits per heavy atom. The summed E-state index contributed by atoms with van der Waals surface area (Å²) in [6, 6.07) is 23.7. The Morgan fingerprint density at radius 1 is 1.13 bits per heavy atom. The molecule has 0 saturated carbocycles. The van der Waals surface area contributed by atoms with Gasteiger partial charge in [0.25, 0.3) is 0 Å². The van der Waals surface area contributed by atoms with E-state index in [0.29, 0.717) is 5.11 Å². The molecule has 2 N–H and O–H groups in total. The summed E-state index contributed by atoms with van der Waals surface area (Å²) in [5.41, 5.74) is 5.46. The zero-order valence-electron chi connectivity index (χ0n) is 21.4. The fraction of sp³-hybridized carbons (Fsp3) is 0.172. The summed E-state index contributed by atoms with van der Waals surface area (Å²) in [6.07, 6.45) is 3.84. The van der Waals surface area contributed by atoms with Gasteiger partial charge in [-0.3, -0.25) is 14.3 Å². The summed E-state index contributed by atoms with van der Waals surface area (Å²) in [5, 5.41) is 7.92. The maximum Gasteiger partial charge on any atom is 0.250 e. The van der Waals surface area contributed by atoms with Crippen LogP contribution in [0.15, 0.2) is 85.2 Å². The molecular formula is C29H26N6O2S2. The number of hydrogen-bond donors (Lipinski definition) is 2. The number of carbonyl (C=O) groups is 1. The highest BCUT2D eigenvalue weighted by molar-refractivity contribution is 7.80. The number of anilines is 2. The third-order valence-corrected chi connectivity index (χ3v) is 8.06. The van der Waals surface area contributed by atoms with Gasteiger partial charge in [0.15, 0.2) is 10.2 Å². The van der Waals surface area contributed by atoms with Crippen molar-refractivity contribution < 1.29 is 9.53 Å². The Hall–Kier alpha value is -4.12. The Kier molecular flexibility index (Phi) is 6.82. The molecule has 2 aromatic carbocycles. The lowest BCUT2D eigenvalue weighted by atomic mass is 10.0. The van der Waals surface area contributed by atoms with Gasteiger partial charge < -0.3 is 20.3 Å². The lowest BCUT2D eigenvalue weighted by Crippen LogP contribution is -2.30. The first-order valence-corrected chi connectivity index (χ1v) is 13.7. The van der Waals surface area contributed by atoms with Crippen molar-refractivity contribution in [3.63, 3.8) is 0 Å². The fourth-order valence-electron chi connectivity index (χ4n) is 4.96. The first-order valence-electron chi connectivity index (χ1n) is 12.5. The number of methoxy groups -OCH3 is 1. The van der Waals surface area contributed by atoms with Crippen molar-refractivity contribution >= 4 is 56.2 Å². The fourth-order valence-corrected chi connectivity index (χ4v) is 6.28. The van der Waals surface area contributed by atoms with E-state index in [-0.39, 0.29) is 24.6 Å². The van der Waals surface area contributed by atoms with Crippen LogP contribution in [0, 0.1) is 6.92 Å². The monoisotopic (exact) mass is 554 g/mol. The van der Waals surface area contributed by atoms with E-state index in [4.69, 9.17) is 21.9 Å². The molecule has 0 unspecified atom stereocenters. The number of carbonyl (C=O) groups excluding carboxylic acids is 1. The summed E-state index contributed by atoms with van der Waals surface area (Å²) in [5.74, 6) is -0.200. The summed E-state index contributed by atoms with van der Waals surface area (Å²) in [7, 11) is 1.50. The Labute approximate surface area is 235 Å². The zero-order chi connectivity index (χ0) is 26.9. The Bertz CT molecular complexity index is 1630. The number of ether oxygens (including phenoxy) is 1. The molecule has 1 aliphatic rings. The number of para-hydroxylation sites is 1. The summed E-state index contributed by atoms with van der Waals surface area (Å²) in [6.45, 7) is 1.96. The van der Waals surface area contributed by atoms with Crippen molar-refractivity contribution in [2.75, 3.05) is 23.9 Å². The minimum absolute atomic E-state index is 0.00208. The van der Waals surface area contributed by atoms with E-state index >= 15 is 0 Å². The van der Waals surface area contributed by atoms with Crippen LogP contribution in [-0.4, -0.2) is 39.3 Å². The van der Waals surface area contributed by atoms with E-state index in [1.807, 2.05) is 73.8 Å². The zero-order valence-corrected chi connectivity index (χ0v) is 23.0. The number of hydrogen-bond acceptors (Lipinski definition) is 6. The normalized spacial score (nSPS) is 17.0. The van der Waals surface area contributed by atoms with Crippen molar-refractivity contribution in [1.82, 2.24) is 19.9 Å². The number of nitrogens with zero attached hydrogens (tertiary/aromatic N) is 4. The van der Waals surface area contributed by atoms with Crippen LogP contribution < -0.4 is 15.5 Å². The lowest BCUT2D eigenvalue weighted by Gasteiger charge is -2.29. The number of rotatable bonds is 7. The molecule has 6 rings (SSSR count). The molecule has 8 nitrogen and oxygen atoms in total. The average Bonchev–Trinajstić information content (AvgIpc) is 3.66. The largest absolute Gasteiger partial charge is 0.375 e. The van der Waals surface area contributed by atoms with Gasteiger partial charge in [0.2, 0.25) is 5.91 Å². The van der Waals surface area contributed by atoms with E-state index in [1.54, 1.807) is 17.5 Å². The number of amides is 1. The van der Waals surface area contributed by atoms with Crippen LogP contribution in [0.5, 0.6) is 0 Å². The molecule has 196 valence electrons. The number of thiocarbonyl (C=S) groups is 1. The molecule has 5 aromatic rings. The smallest absolute Gasteiger partial charge is 0.250 e. The molecule has 0 spiro atoms. The second-order valence-electron chi connectivity index (χ2n) is 9.24. The number of aryl methyl sites for hydroxylation is 1. The minimum Gasteiger partial charge on any atom is -0.375 e. The van der Waals surface area contributed by atoms with E-state index < -0.39 is 0 Å². The van der Waals surface area contributed by atoms with Gasteiger partial charge in [0, 0.05) is 30.9 Å². The van der Waals surface area contributed by atoms with Gasteiger partial charge in [-0.15, -0.1) is 0 Å². The van der Waals surface area contributed by atoms with E-state index in [0.717, 1.165) is 43.7 Å². The van der Waals surface area contributed by atoms with Gasteiger partial charge in [-0.2, -0.15) is 0 Å². The van der Waals surface area contributed by atoms with Crippen LogP contribution >= 0.6 is 23.6 Å². The molecule has 1 fully saturated rings. The highest BCUT2D eigenvalue weighted by Gasteiger charge is 2.42. The van der Waals surface area contributed by atoms with Crippen LogP contribution in [0.25, 0.3) is 15.3 Å². The average molecular weight is 555 g/mol. The summed E-state index contributed by atoms with van der Waals surface area (Å²) in [4.78, 5) is 23.8. The van der Waals surface area contributed by atoms with Crippen LogP contribution in [0.2, 0.25) is 0 Å². The molecule has 2 atom stereocenters. The van der Waals surface area contributed by atoms with Crippen molar-refractivity contribution in [3.05, 3.63) is 102 Å². The van der Waals surface area contributed by atoms with Crippen LogP contribution in [-0.2, 0) is 9.53 Å². The highest BCUT2D eigenvalue weighted by atomic mass is 32.1. The van der Waals surface area contributed by atoms with Crippen molar-refractivity contribution in [2.24, 2.45) is 0 Å². The van der Waals surface area contributed by atoms with Gasteiger partial charge in [0.05, 0.1) is 27.6 Å². The molecule has 0 bridgehead atoms. The van der Waals surface area contributed by atoms with Gasteiger partial charge in [-0.25, -0.2) is 4.98 Å². The maximum absolute atomic E-state index is 12.1. The van der Waals surface area contributed by atoms with Crippen LogP contribution in [0.4, 0.5) is 11.4 Å². The van der Waals surface area contributed by atoms with Gasteiger partial charge in [-0.05, 0) is 79.3 Å². The molecule has 0 aliphatic carbocycles. The predicted octanol–water partition coefficient (Wildman–Crippen LogP) is 5.55. The second-order valence-corrected chi connectivity index (χ2v) is 10.6. The molecule has 1 amide bonds. The number of fused-ring (bicyclic) bond motifs is 1. The number of pyridine rings is 1. The molecule has 39 heavy (non-hydrogen) atoms. The van der Waals surface area contributed by atoms with Crippen LogP contribution in [0.1, 0.15) is 29.0 Å². The Morgan fingerprint density at radius 2 is 1.97 bits per heavy atom. The quantitative estimate of drug-likeness (QED) is 0.255. The van der Waals surface area contributed by atoms with Gasteiger partial charge in [0.1, 0.15) is 12.6 Å². The SMILES string of the molecule is COCC(=O)Nc1ccc(N2C(=S)N[C@H](c3ccccn3)[C@H]2c2cccn2-c2nc3ccccc3s2)cc1C. The first-order chi connectivity index (χ1) is 19.0. The van der Waals surface area contributed by atoms with Gasteiger partial charge >= 0.3 is 0 Å². The number of thiazole rings is 1. The molecule has 1 saturated heterocycles. The molecule has 0 radical (unpaired) electrons. The molecular weight excluding hydrogens is 528 g/mol. The topological polar surface area (TPSA) is 84.3 Å². The van der Waals surface area contributed by atoms with Crippen molar-refractivity contribution in [3.8, 4) is 5.13 Å². The first kappa shape index (κ1) is 25.2. The third-order valence-electron chi connectivity index (χ3n) is 6.71. The van der Waals surface area contributed by atoms with Crippen LogP contribution in [0.3, 0.4) is 0 Å². The molecule has 4 heterocycles. The number of nitrogens with one attached hydrogen (secondary N) is 2. The van der Waals surface area contributed by atoms with Crippen molar-refractivity contribution in [1.29, 1.82) is 0 Å². The number of aromatic nitrogens is 3. The summed E-state index contributed by atoms with van der Waals surface area (Å²) >= 11 is 7.57. The van der Waals surface area contributed by atoms with E-state index in [1.165, 1.54) is 7.11 Å². The molecule has 10 heteroatoms. The Balaban J connectivity index is 1.44. The number of benzene rings is 2. The van der Waals surface area contributed by atoms with E-state index in [2.05, 4.69) is 37.2 Å². The lowest BCUT2D eigenvalue weighted by molar-refractivity contribution is -0.119. The standard InChI is InChI=1S/C29H26N6O2S2/c1-18-16-19(12-13-20(18)31-25(36)17-37-2)35-27(26(33-28(35)38)22-9-5-6-14-30-22)23-10-7-15-34(23)29-32-21-8-3-4-11-24(21)39-29/h3-16,26-27H,17H2,1-2H3,(H,31,36)(H,33,38)/t26-,27-/m1/s1. The van der Waals surface area contributed by atoms with Crippen molar-refractivity contribution in [2.45, 2.75) is 19.0 Å². The molecule has 3 aromatic heterocycles. The third kappa shape index (κ3) is 4.78. The second kappa shape index (κ2) is 10.6. The minimum atomic E-state index is -0.206. The molecule has 1 aliphatic heterocycles. The van der Waals surface area contributed by atoms with E-state index in [9.17, 15) is 4.79 Å².